The number of carbonyl (C=O) groups is 1. The second-order valence-electron chi connectivity index (χ2n) is 6.10. The molecule has 1 aromatic heterocycles. The van der Waals surface area contributed by atoms with Gasteiger partial charge >= 0.3 is 0 Å². The van der Waals surface area contributed by atoms with Crippen molar-refractivity contribution in [1.82, 2.24) is 10.2 Å². The zero-order chi connectivity index (χ0) is 15.7. The Morgan fingerprint density at radius 2 is 2.09 bits per heavy atom. The van der Waals surface area contributed by atoms with Gasteiger partial charge in [-0.05, 0) is 49.4 Å². The number of hydrogen-bond donors (Lipinski definition) is 1. The molecule has 22 heavy (non-hydrogen) atoms. The summed E-state index contributed by atoms with van der Waals surface area (Å²) in [5, 5.41) is 4.90. The van der Waals surface area contributed by atoms with Crippen LogP contribution in [0, 0.1) is 0 Å². The number of hydrogen-bond acceptors (Lipinski definition) is 5. The Labute approximate surface area is 135 Å². The van der Waals surface area contributed by atoms with E-state index in [-0.39, 0.29) is 29.5 Å². The average molecular weight is 342 g/mol. The van der Waals surface area contributed by atoms with Gasteiger partial charge in [0.25, 0.3) is 5.91 Å². The number of rotatable bonds is 4. The fraction of sp³-hybridized carbons (Fsp3) is 0.667. The normalized spacial score (nSPS) is 28.0. The van der Waals surface area contributed by atoms with Crippen molar-refractivity contribution in [2.75, 3.05) is 24.6 Å². The summed E-state index contributed by atoms with van der Waals surface area (Å²) in [5.41, 5.74) is 1.03. The van der Waals surface area contributed by atoms with Crippen molar-refractivity contribution in [1.29, 1.82) is 0 Å². The Balaban J connectivity index is 1.75. The number of nitrogens with zero attached hydrogens (tertiary/aromatic N) is 1. The quantitative estimate of drug-likeness (QED) is 0.896. The lowest BCUT2D eigenvalue weighted by Crippen LogP contribution is -2.50. The lowest BCUT2D eigenvalue weighted by Gasteiger charge is -2.28. The van der Waals surface area contributed by atoms with Crippen molar-refractivity contribution in [3.8, 4) is 0 Å². The standard InChI is InChI=1S/C15H22N2O3S2/c1-2-11-5-8-21-14(11)15(18)16-12-9-22(19,20)10-13(12)17-6-3-4-7-17/h5,8,12-13H,2-4,6-7,9-10H2,1H3,(H,16,18). The molecule has 122 valence electrons. The highest BCUT2D eigenvalue weighted by Crippen LogP contribution is 2.24. The largest absolute Gasteiger partial charge is 0.346 e. The van der Waals surface area contributed by atoms with Crippen LogP contribution < -0.4 is 5.32 Å². The van der Waals surface area contributed by atoms with Gasteiger partial charge < -0.3 is 5.32 Å². The zero-order valence-corrected chi connectivity index (χ0v) is 14.4. The molecule has 3 rings (SSSR count). The van der Waals surface area contributed by atoms with E-state index in [0.717, 1.165) is 37.9 Å². The van der Waals surface area contributed by atoms with Crippen molar-refractivity contribution in [2.45, 2.75) is 38.3 Å². The summed E-state index contributed by atoms with van der Waals surface area (Å²) in [7, 11) is -3.07. The number of aryl methyl sites for hydroxylation is 1. The van der Waals surface area contributed by atoms with Gasteiger partial charge in [-0.25, -0.2) is 8.42 Å². The van der Waals surface area contributed by atoms with Gasteiger partial charge in [-0.3, -0.25) is 9.69 Å². The molecule has 0 spiro atoms. The SMILES string of the molecule is CCc1ccsc1C(=O)NC1CS(=O)(=O)CC1N1CCCC1. The minimum absolute atomic E-state index is 0.0622. The van der Waals surface area contributed by atoms with Crippen LogP contribution in [0.4, 0.5) is 0 Å². The molecule has 0 saturated carbocycles. The molecule has 3 heterocycles. The van der Waals surface area contributed by atoms with Crippen molar-refractivity contribution in [3.05, 3.63) is 21.9 Å². The van der Waals surface area contributed by atoms with Crippen LogP contribution in [0.25, 0.3) is 0 Å². The van der Waals surface area contributed by atoms with E-state index in [0.29, 0.717) is 4.88 Å². The minimum atomic E-state index is -3.07. The molecule has 2 fully saturated rings. The molecule has 2 aliphatic heterocycles. The number of amides is 1. The average Bonchev–Trinajstić information content (AvgIpc) is 3.17. The molecule has 2 aliphatic rings. The first-order valence-corrected chi connectivity index (χ1v) is 10.5. The molecule has 0 aliphatic carbocycles. The van der Waals surface area contributed by atoms with Crippen LogP contribution in [0.3, 0.4) is 0 Å². The summed E-state index contributed by atoms with van der Waals surface area (Å²) in [6.07, 6.45) is 3.04. The predicted octanol–water partition coefficient (Wildman–Crippen LogP) is 1.30. The second-order valence-corrected chi connectivity index (χ2v) is 9.17. The summed E-state index contributed by atoms with van der Waals surface area (Å²) in [5.74, 6) is 0.105. The Hall–Kier alpha value is -0.920. The predicted molar refractivity (Wildman–Crippen MR) is 88.2 cm³/mol. The third-order valence-electron chi connectivity index (χ3n) is 4.58. The smallest absolute Gasteiger partial charge is 0.261 e. The van der Waals surface area contributed by atoms with Gasteiger partial charge in [-0.1, -0.05) is 6.92 Å². The first-order chi connectivity index (χ1) is 10.5. The highest BCUT2D eigenvalue weighted by atomic mass is 32.2. The molecule has 2 atom stereocenters. The van der Waals surface area contributed by atoms with E-state index in [1.54, 1.807) is 0 Å². The highest BCUT2D eigenvalue weighted by Gasteiger charge is 2.42. The van der Waals surface area contributed by atoms with E-state index >= 15 is 0 Å². The van der Waals surface area contributed by atoms with Gasteiger partial charge in [0.15, 0.2) is 9.84 Å². The fourth-order valence-corrected chi connectivity index (χ4v) is 6.30. The molecule has 0 aromatic carbocycles. The van der Waals surface area contributed by atoms with Crippen LogP contribution in [0.5, 0.6) is 0 Å². The Morgan fingerprint density at radius 1 is 1.36 bits per heavy atom. The molecular weight excluding hydrogens is 320 g/mol. The number of nitrogens with one attached hydrogen (secondary N) is 1. The Bertz CT molecular complexity index is 647. The van der Waals surface area contributed by atoms with E-state index in [1.807, 2.05) is 18.4 Å². The molecule has 2 unspecified atom stereocenters. The van der Waals surface area contributed by atoms with Crippen LogP contribution in [0.2, 0.25) is 0 Å². The van der Waals surface area contributed by atoms with E-state index in [1.165, 1.54) is 11.3 Å². The first-order valence-electron chi connectivity index (χ1n) is 7.82. The maximum Gasteiger partial charge on any atom is 0.261 e. The number of thiophene rings is 1. The van der Waals surface area contributed by atoms with Crippen molar-refractivity contribution in [3.63, 3.8) is 0 Å². The zero-order valence-electron chi connectivity index (χ0n) is 12.7. The maximum atomic E-state index is 12.5. The molecule has 5 nitrogen and oxygen atoms in total. The molecule has 1 aromatic rings. The van der Waals surface area contributed by atoms with Gasteiger partial charge in [0.05, 0.1) is 22.4 Å². The summed E-state index contributed by atoms with van der Waals surface area (Å²) in [4.78, 5) is 15.4. The minimum Gasteiger partial charge on any atom is -0.346 e. The molecule has 2 saturated heterocycles. The topological polar surface area (TPSA) is 66.5 Å². The van der Waals surface area contributed by atoms with Crippen LogP contribution in [0.1, 0.15) is 35.0 Å². The Morgan fingerprint density at radius 3 is 2.77 bits per heavy atom. The van der Waals surface area contributed by atoms with Gasteiger partial charge in [0, 0.05) is 6.04 Å². The van der Waals surface area contributed by atoms with Crippen LogP contribution in [-0.4, -0.2) is 55.9 Å². The highest BCUT2D eigenvalue weighted by molar-refractivity contribution is 7.91. The van der Waals surface area contributed by atoms with Crippen molar-refractivity contribution < 1.29 is 13.2 Å². The number of carbonyl (C=O) groups excluding carboxylic acids is 1. The molecule has 0 radical (unpaired) electrons. The first kappa shape index (κ1) is 16.0. The van der Waals surface area contributed by atoms with Crippen LogP contribution in [0.15, 0.2) is 11.4 Å². The monoisotopic (exact) mass is 342 g/mol. The number of likely N-dealkylation sites (tertiary alicyclic amines) is 1. The molecule has 1 N–H and O–H groups in total. The summed E-state index contributed by atoms with van der Waals surface area (Å²) >= 11 is 1.42. The molecule has 1 amide bonds. The van der Waals surface area contributed by atoms with Gasteiger partial charge in [0.2, 0.25) is 0 Å². The lowest BCUT2D eigenvalue weighted by atomic mass is 10.1. The van der Waals surface area contributed by atoms with E-state index < -0.39 is 9.84 Å². The Kier molecular flexibility index (Phi) is 4.56. The van der Waals surface area contributed by atoms with E-state index in [2.05, 4.69) is 10.2 Å². The van der Waals surface area contributed by atoms with Gasteiger partial charge in [-0.2, -0.15) is 0 Å². The third kappa shape index (κ3) is 3.21. The molecule has 0 bridgehead atoms. The van der Waals surface area contributed by atoms with Gasteiger partial charge in [-0.15, -0.1) is 11.3 Å². The van der Waals surface area contributed by atoms with E-state index in [9.17, 15) is 13.2 Å². The third-order valence-corrected chi connectivity index (χ3v) is 7.25. The van der Waals surface area contributed by atoms with Crippen LogP contribution >= 0.6 is 11.3 Å². The fourth-order valence-electron chi connectivity index (χ4n) is 3.45. The van der Waals surface area contributed by atoms with Gasteiger partial charge in [0.1, 0.15) is 0 Å². The maximum absolute atomic E-state index is 12.5. The second kappa shape index (κ2) is 6.29. The van der Waals surface area contributed by atoms with Crippen LogP contribution in [-0.2, 0) is 16.3 Å². The molecular formula is C15H22N2O3S2. The van der Waals surface area contributed by atoms with E-state index in [4.69, 9.17) is 0 Å². The summed E-state index contributed by atoms with van der Waals surface area (Å²) in [6.45, 7) is 3.89. The summed E-state index contributed by atoms with van der Waals surface area (Å²) in [6, 6.07) is 1.60. The summed E-state index contributed by atoms with van der Waals surface area (Å²) < 4.78 is 24.0. The van der Waals surface area contributed by atoms with Crippen molar-refractivity contribution >= 4 is 27.1 Å². The molecule has 7 heteroatoms. The van der Waals surface area contributed by atoms with Crippen molar-refractivity contribution in [2.24, 2.45) is 0 Å². The number of sulfone groups is 1. The lowest BCUT2D eigenvalue weighted by molar-refractivity contribution is 0.0922.